The van der Waals surface area contributed by atoms with Crippen molar-refractivity contribution in [3.8, 4) is 0 Å². The number of aromatic nitrogens is 2. The standard InChI is InChI=1S/C17H23F3N2OSi/c1-5-24(4,6-2)23-16(17(18,19)20,14-10-8-7-9-11-14)15-21-12-13-22(15)3/h7-13H,5-6H2,1-4H3. The van der Waals surface area contributed by atoms with Crippen LogP contribution in [0.4, 0.5) is 13.2 Å². The molecule has 0 bridgehead atoms. The summed E-state index contributed by atoms with van der Waals surface area (Å²) in [7, 11) is -1.02. The van der Waals surface area contributed by atoms with Crippen molar-refractivity contribution >= 4 is 8.32 Å². The number of imidazole rings is 1. The van der Waals surface area contributed by atoms with E-state index in [2.05, 4.69) is 4.98 Å². The molecule has 0 fully saturated rings. The fourth-order valence-electron chi connectivity index (χ4n) is 2.72. The maximum absolute atomic E-state index is 14.5. The first-order chi connectivity index (χ1) is 11.2. The summed E-state index contributed by atoms with van der Waals surface area (Å²) in [5, 5.41) is 0. The molecule has 2 aromatic rings. The number of aryl methyl sites for hydroxylation is 1. The fraction of sp³-hybridized carbons (Fsp3) is 0.471. The zero-order valence-corrected chi connectivity index (χ0v) is 15.4. The van der Waals surface area contributed by atoms with Crippen molar-refractivity contribution < 1.29 is 17.6 Å². The molecule has 0 N–H and O–H groups in total. The van der Waals surface area contributed by atoms with Crippen LogP contribution in [-0.2, 0) is 17.1 Å². The first-order valence-corrected chi connectivity index (χ1v) is 10.8. The molecule has 0 spiro atoms. The van der Waals surface area contributed by atoms with Crippen molar-refractivity contribution in [2.45, 2.75) is 44.3 Å². The first kappa shape index (κ1) is 18.7. The minimum atomic E-state index is -4.63. The molecule has 132 valence electrons. The molecule has 0 saturated carbocycles. The van der Waals surface area contributed by atoms with Gasteiger partial charge >= 0.3 is 6.18 Å². The number of halogens is 3. The number of nitrogens with zero attached hydrogens (tertiary/aromatic N) is 2. The molecule has 24 heavy (non-hydrogen) atoms. The minimum absolute atomic E-state index is 0.0624. The van der Waals surface area contributed by atoms with Crippen LogP contribution < -0.4 is 0 Å². The lowest BCUT2D eigenvalue weighted by molar-refractivity contribution is -0.244. The SMILES string of the molecule is CC[Si](C)(CC)OC(c1ccccc1)(c1nccn1C)C(F)(F)F. The summed E-state index contributed by atoms with van der Waals surface area (Å²) in [4.78, 5) is 4.02. The summed E-state index contributed by atoms with van der Waals surface area (Å²) in [6.07, 6.45) is -1.75. The van der Waals surface area contributed by atoms with Crippen molar-refractivity contribution in [1.82, 2.24) is 9.55 Å². The summed E-state index contributed by atoms with van der Waals surface area (Å²) in [6, 6.07) is 9.00. The van der Waals surface area contributed by atoms with Crippen LogP contribution >= 0.6 is 0 Å². The summed E-state index contributed by atoms with van der Waals surface area (Å²) in [5.74, 6) is -0.137. The van der Waals surface area contributed by atoms with E-state index in [-0.39, 0.29) is 11.4 Å². The fourth-order valence-corrected chi connectivity index (χ4v) is 4.58. The molecule has 0 aliphatic rings. The molecule has 7 heteroatoms. The molecule has 0 aliphatic carbocycles. The Balaban J connectivity index is 2.78. The highest BCUT2D eigenvalue weighted by molar-refractivity contribution is 6.72. The van der Waals surface area contributed by atoms with Gasteiger partial charge in [0.05, 0.1) is 0 Å². The van der Waals surface area contributed by atoms with Gasteiger partial charge in [0.1, 0.15) is 0 Å². The monoisotopic (exact) mass is 356 g/mol. The van der Waals surface area contributed by atoms with Crippen LogP contribution in [0.5, 0.6) is 0 Å². The van der Waals surface area contributed by atoms with Crippen LogP contribution in [0.1, 0.15) is 25.2 Å². The molecular formula is C17H23F3N2OSi. The van der Waals surface area contributed by atoms with Crippen molar-refractivity contribution in [2.24, 2.45) is 7.05 Å². The Kier molecular flexibility index (Phi) is 5.24. The van der Waals surface area contributed by atoms with E-state index in [9.17, 15) is 13.2 Å². The van der Waals surface area contributed by atoms with E-state index in [1.807, 2.05) is 20.4 Å². The van der Waals surface area contributed by atoms with Gasteiger partial charge < -0.3 is 8.99 Å². The number of alkyl halides is 3. The molecule has 1 atom stereocenters. The van der Waals surface area contributed by atoms with Gasteiger partial charge in [-0.25, -0.2) is 4.98 Å². The predicted molar refractivity (Wildman–Crippen MR) is 90.2 cm³/mol. The van der Waals surface area contributed by atoms with Crippen LogP contribution in [0.2, 0.25) is 18.6 Å². The van der Waals surface area contributed by atoms with Crippen LogP contribution in [-0.4, -0.2) is 24.0 Å². The lowest BCUT2D eigenvalue weighted by atomic mass is 9.92. The van der Waals surface area contributed by atoms with Gasteiger partial charge in [0.2, 0.25) is 5.60 Å². The third-order valence-electron chi connectivity index (χ3n) is 4.61. The van der Waals surface area contributed by atoms with Crippen molar-refractivity contribution in [3.63, 3.8) is 0 Å². The van der Waals surface area contributed by atoms with Crippen LogP contribution in [0.25, 0.3) is 0 Å². The molecule has 0 amide bonds. The average molecular weight is 356 g/mol. The molecule has 2 rings (SSSR count). The Bertz CT molecular complexity index is 668. The van der Waals surface area contributed by atoms with Crippen molar-refractivity contribution in [2.75, 3.05) is 0 Å². The summed E-state index contributed by atoms with van der Waals surface area (Å²) >= 11 is 0. The van der Waals surface area contributed by atoms with Crippen LogP contribution in [0, 0.1) is 0 Å². The lowest BCUT2D eigenvalue weighted by Crippen LogP contribution is -2.54. The van der Waals surface area contributed by atoms with E-state index >= 15 is 0 Å². The second-order valence-electron chi connectivity index (χ2n) is 6.17. The molecule has 1 aromatic heterocycles. The Morgan fingerprint density at radius 3 is 2.12 bits per heavy atom. The Hall–Kier alpha value is -1.60. The van der Waals surface area contributed by atoms with Gasteiger partial charge in [0.25, 0.3) is 0 Å². The normalized spacial score (nSPS) is 15.3. The number of hydrogen-bond acceptors (Lipinski definition) is 2. The van der Waals surface area contributed by atoms with Gasteiger partial charge in [-0.05, 0) is 24.2 Å². The molecule has 1 heterocycles. The topological polar surface area (TPSA) is 27.1 Å². The Morgan fingerprint density at radius 2 is 1.71 bits per heavy atom. The molecule has 0 saturated heterocycles. The van der Waals surface area contributed by atoms with E-state index in [0.29, 0.717) is 12.1 Å². The van der Waals surface area contributed by atoms with Gasteiger partial charge in [0, 0.05) is 19.4 Å². The maximum atomic E-state index is 14.5. The number of rotatable bonds is 6. The largest absolute Gasteiger partial charge is 0.428 e. The smallest absolute Gasteiger partial charge is 0.394 e. The summed E-state index contributed by atoms with van der Waals surface area (Å²) in [6.45, 7) is 5.62. The van der Waals surface area contributed by atoms with Gasteiger partial charge in [-0.15, -0.1) is 0 Å². The summed E-state index contributed by atoms with van der Waals surface area (Å²) in [5.41, 5.74) is -2.49. The van der Waals surface area contributed by atoms with E-state index in [1.54, 1.807) is 25.2 Å². The van der Waals surface area contributed by atoms with Gasteiger partial charge in [-0.1, -0.05) is 44.2 Å². The second kappa shape index (κ2) is 6.72. The predicted octanol–water partition coefficient (Wildman–Crippen LogP) is 4.86. The molecule has 0 radical (unpaired) electrons. The van der Waals surface area contributed by atoms with E-state index in [4.69, 9.17) is 4.43 Å². The number of benzene rings is 1. The highest BCUT2D eigenvalue weighted by Crippen LogP contribution is 2.49. The first-order valence-electron chi connectivity index (χ1n) is 8.00. The zero-order valence-electron chi connectivity index (χ0n) is 14.4. The zero-order chi connectivity index (χ0) is 18.0. The minimum Gasteiger partial charge on any atom is -0.394 e. The summed E-state index contributed by atoms with van der Waals surface area (Å²) < 4.78 is 50.8. The second-order valence-corrected chi connectivity index (χ2v) is 10.7. The van der Waals surface area contributed by atoms with Crippen molar-refractivity contribution in [1.29, 1.82) is 0 Å². The van der Waals surface area contributed by atoms with Crippen LogP contribution in [0.15, 0.2) is 42.7 Å². The van der Waals surface area contributed by atoms with Gasteiger partial charge in [-0.3, -0.25) is 0 Å². The average Bonchev–Trinajstić information content (AvgIpc) is 2.98. The van der Waals surface area contributed by atoms with E-state index in [0.717, 1.165) is 0 Å². The van der Waals surface area contributed by atoms with E-state index < -0.39 is 20.1 Å². The third-order valence-corrected chi connectivity index (χ3v) is 8.40. The van der Waals surface area contributed by atoms with Crippen LogP contribution in [0.3, 0.4) is 0 Å². The molecule has 1 unspecified atom stereocenters. The maximum Gasteiger partial charge on any atom is 0.428 e. The molecular weight excluding hydrogens is 333 g/mol. The molecule has 3 nitrogen and oxygen atoms in total. The highest BCUT2D eigenvalue weighted by Gasteiger charge is 2.63. The Morgan fingerprint density at radius 1 is 1.12 bits per heavy atom. The number of hydrogen-bond donors (Lipinski definition) is 0. The van der Waals surface area contributed by atoms with Gasteiger partial charge in [-0.2, -0.15) is 13.2 Å². The molecule has 1 aromatic carbocycles. The third kappa shape index (κ3) is 3.15. The lowest BCUT2D eigenvalue weighted by Gasteiger charge is -2.42. The van der Waals surface area contributed by atoms with Crippen molar-refractivity contribution in [3.05, 3.63) is 54.1 Å². The quantitative estimate of drug-likeness (QED) is 0.691. The van der Waals surface area contributed by atoms with Gasteiger partial charge in [0.15, 0.2) is 14.1 Å². The highest BCUT2D eigenvalue weighted by atomic mass is 28.4. The molecule has 0 aliphatic heterocycles. The van der Waals surface area contributed by atoms with E-state index in [1.165, 1.54) is 29.1 Å². The Labute approximate surface area is 141 Å².